The Morgan fingerprint density at radius 2 is 2.17 bits per heavy atom. The van der Waals surface area contributed by atoms with Crippen molar-refractivity contribution in [1.29, 1.82) is 0 Å². The average Bonchev–Trinajstić information content (AvgIpc) is 3.40. The zero-order chi connectivity index (χ0) is 21.4. The van der Waals surface area contributed by atoms with Crippen LogP contribution in [0.25, 0.3) is 20.7 Å². The fourth-order valence-corrected chi connectivity index (χ4v) is 5.89. The molecule has 0 fully saturated rings. The summed E-state index contributed by atoms with van der Waals surface area (Å²) in [5, 5.41) is 5.88. The van der Waals surface area contributed by atoms with E-state index in [1.54, 1.807) is 11.3 Å². The number of carbonyl (C=O) groups is 2. The molecule has 3 heterocycles. The van der Waals surface area contributed by atoms with Crippen molar-refractivity contribution in [3.8, 4) is 10.4 Å². The van der Waals surface area contributed by atoms with Crippen molar-refractivity contribution < 1.29 is 9.59 Å². The Morgan fingerprint density at radius 3 is 2.83 bits per heavy atom. The highest BCUT2D eigenvalue weighted by molar-refractivity contribution is 7.21. The van der Waals surface area contributed by atoms with Crippen molar-refractivity contribution in [2.24, 2.45) is 11.7 Å². The lowest BCUT2D eigenvalue weighted by atomic mass is 9.98. The summed E-state index contributed by atoms with van der Waals surface area (Å²) in [4.78, 5) is 31.4. The first-order valence-corrected chi connectivity index (χ1v) is 11.9. The molecule has 1 aliphatic carbocycles. The maximum absolute atomic E-state index is 12.5. The molecular formula is C22H26N4O2S2. The largest absolute Gasteiger partial charge is 0.397 e. The minimum Gasteiger partial charge on any atom is -0.397 e. The number of aromatic nitrogens is 1. The van der Waals surface area contributed by atoms with E-state index in [-0.39, 0.29) is 11.8 Å². The van der Waals surface area contributed by atoms with Gasteiger partial charge in [-0.15, -0.1) is 22.7 Å². The quantitative estimate of drug-likeness (QED) is 0.507. The number of thiophene rings is 2. The van der Waals surface area contributed by atoms with Gasteiger partial charge in [-0.3, -0.25) is 9.59 Å². The van der Waals surface area contributed by atoms with Gasteiger partial charge in [0.15, 0.2) is 0 Å². The van der Waals surface area contributed by atoms with Crippen LogP contribution in [-0.4, -0.2) is 23.3 Å². The predicted octanol–water partition coefficient (Wildman–Crippen LogP) is 4.29. The Kier molecular flexibility index (Phi) is 5.79. The number of nitrogens with two attached hydrogens (primary N) is 2. The van der Waals surface area contributed by atoms with Crippen LogP contribution in [0.2, 0.25) is 0 Å². The molecule has 1 atom stereocenters. The maximum Gasteiger partial charge on any atom is 0.260 e. The Balaban J connectivity index is 1.73. The fourth-order valence-electron chi connectivity index (χ4n) is 4.12. The van der Waals surface area contributed by atoms with Gasteiger partial charge in [0.2, 0.25) is 5.91 Å². The molecule has 1 aliphatic rings. The average molecular weight is 443 g/mol. The molecule has 6 nitrogen and oxygen atoms in total. The second-order valence-corrected chi connectivity index (χ2v) is 10.1. The molecule has 5 N–H and O–H groups in total. The van der Waals surface area contributed by atoms with Gasteiger partial charge in [0, 0.05) is 40.4 Å². The Bertz CT molecular complexity index is 1100. The van der Waals surface area contributed by atoms with Crippen molar-refractivity contribution in [3.63, 3.8) is 0 Å². The van der Waals surface area contributed by atoms with Crippen LogP contribution in [0.4, 0.5) is 5.69 Å². The summed E-state index contributed by atoms with van der Waals surface area (Å²) < 4.78 is 0. The van der Waals surface area contributed by atoms with Gasteiger partial charge in [0.05, 0.1) is 5.69 Å². The standard InChI is InChI=1S/C22H26N4O2S2/c1-11(2)7-8-25-15(27)10-12-5-6-13-16(14-4-3-9-29-14)17-18(23)20(21(24)28)30-22(17)26-19(12)13/h3-4,9,11-12H,5-8,10,23H2,1-2H3,(H2,24,28)(H,25,27). The summed E-state index contributed by atoms with van der Waals surface area (Å²) in [6.45, 7) is 4.99. The van der Waals surface area contributed by atoms with Crippen molar-refractivity contribution in [3.05, 3.63) is 33.6 Å². The lowest BCUT2D eigenvalue weighted by Gasteiger charge is -2.14. The van der Waals surface area contributed by atoms with E-state index in [9.17, 15) is 9.59 Å². The van der Waals surface area contributed by atoms with Gasteiger partial charge in [-0.2, -0.15) is 0 Å². The predicted molar refractivity (Wildman–Crippen MR) is 124 cm³/mol. The lowest BCUT2D eigenvalue weighted by molar-refractivity contribution is -0.121. The van der Waals surface area contributed by atoms with Crippen LogP contribution in [0.15, 0.2) is 17.5 Å². The molecule has 0 radical (unpaired) electrons. The van der Waals surface area contributed by atoms with Gasteiger partial charge in [0.1, 0.15) is 9.71 Å². The normalized spacial score (nSPS) is 15.6. The number of amides is 2. The number of hydrogen-bond donors (Lipinski definition) is 3. The zero-order valence-electron chi connectivity index (χ0n) is 17.2. The van der Waals surface area contributed by atoms with E-state index in [0.717, 1.165) is 51.2 Å². The maximum atomic E-state index is 12.5. The molecule has 2 amide bonds. The van der Waals surface area contributed by atoms with Crippen molar-refractivity contribution >= 4 is 50.4 Å². The van der Waals surface area contributed by atoms with Gasteiger partial charge in [-0.05, 0) is 42.2 Å². The monoisotopic (exact) mass is 442 g/mol. The summed E-state index contributed by atoms with van der Waals surface area (Å²) in [7, 11) is 0. The minimum absolute atomic E-state index is 0.0663. The van der Waals surface area contributed by atoms with Gasteiger partial charge in [-0.1, -0.05) is 19.9 Å². The molecule has 0 saturated heterocycles. The van der Waals surface area contributed by atoms with E-state index in [1.807, 2.05) is 11.4 Å². The van der Waals surface area contributed by atoms with E-state index in [2.05, 4.69) is 25.2 Å². The first-order valence-electron chi connectivity index (χ1n) is 10.2. The molecule has 8 heteroatoms. The molecule has 1 unspecified atom stereocenters. The summed E-state index contributed by atoms with van der Waals surface area (Å²) >= 11 is 2.88. The summed E-state index contributed by atoms with van der Waals surface area (Å²) in [6, 6.07) is 4.07. The highest BCUT2D eigenvalue weighted by Gasteiger charge is 2.32. The second-order valence-electron chi connectivity index (χ2n) is 8.19. The van der Waals surface area contributed by atoms with Gasteiger partial charge < -0.3 is 16.8 Å². The summed E-state index contributed by atoms with van der Waals surface area (Å²) in [6.07, 6.45) is 3.13. The van der Waals surface area contributed by atoms with Crippen LogP contribution < -0.4 is 16.8 Å². The van der Waals surface area contributed by atoms with Crippen molar-refractivity contribution in [1.82, 2.24) is 10.3 Å². The minimum atomic E-state index is -0.533. The smallest absolute Gasteiger partial charge is 0.260 e. The molecule has 3 aromatic heterocycles. The number of anilines is 1. The van der Waals surface area contributed by atoms with Crippen LogP contribution in [0.5, 0.6) is 0 Å². The molecule has 3 aromatic rings. The molecule has 0 aromatic carbocycles. The summed E-state index contributed by atoms with van der Waals surface area (Å²) in [5.74, 6) is 0.164. The number of primary amides is 1. The van der Waals surface area contributed by atoms with E-state index in [4.69, 9.17) is 16.5 Å². The van der Waals surface area contributed by atoms with Gasteiger partial charge in [0.25, 0.3) is 5.91 Å². The second kappa shape index (κ2) is 8.35. The molecule has 0 spiro atoms. The van der Waals surface area contributed by atoms with Crippen molar-refractivity contribution in [2.45, 2.75) is 45.4 Å². The number of pyridine rings is 1. The number of nitrogens with one attached hydrogen (secondary N) is 1. The first-order chi connectivity index (χ1) is 14.4. The van der Waals surface area contributed by atoms with Crippen LogP contribution in [0.3, 0.4) is 0 Å². The fraction of sp³-hybridized carbons (Fsp3) is 0.409. The Morgan fingerprint density at radius 1 is 1.37 bits per heavy atom. The lowest BCUT2D eigenvalue weighted by Crippen LogP contribution is -2.26. The first kappa shape index (κ1) is 20.8. The molecule has 30 heavy (non-hydrogen) atoms. The molecular weight excluding hydrogens is 416 g/mol. The third kappa shape index (κ3) is 3.81. The number of hydrogen-bond acceptors (Lipinski definition) is 6. The third-order valence-electron chi connectivity index (χ3n) is 5.61. The van der Waals surface area contributed by atoms with Crippen LogP contribution in [0.1, 0.15) is 60.0 Å². The molecule has 4 rings (SSSR count). The third-order valence-corrected chi connectivity index (χ3v) is 7.61. The number of carbonyl (C=O) groups excluding carboxylic acids is 2. The summed E-state index contributed by atoms with van der Waals surface area (Å²) in [5.41, 5.74) is 15.5. The highest BCUT2D eigenvalue weighted by atomic mass is 32.1. The van der Waals surface area contributed by atoms with E-state index in [1.165, 1.54) is 11.3 Å². The molecule has 158 valence electrons. The van der Waals surface area contributed by atoms with Crippen LogP contribution in [-0.2, 0) is 11.2 Å². The number of nitrogens with zero attached hydrogens (tertiary/aromatic N) is 1. The van der Waals surface area contributed by atoms with Crippen LogP contribution in [0, 0.1) is 5.92 Å². The van der Waals surface area contributed by atoms with Gasteiger partial charge >= 0.3 is 0 Å². The topological polar surface area (TPSA) is 111 Å². The highest BCUT2D eigenvalue weighted by Crippen LogP contribution is 2.48. The van der Waals surface area contributed by atoms with Crippen molar-refractivity contribution in [2.75, 3.05) is 12.3 Å². The molecule has 0 aliphatic heterocycles. The van der Waals surface area contributed by atoms with Crippen LogP contribution >= 0.6 is 22.7 Å². The van der Waals surface area contributed by atoms with E-state index in [0.29, 0.717) is 29.4 Å². The van der Waals surface area contributed by atoms with E-state index >= 15 is 0 Å². The Labute approximate surface area is 183 Å². The molecule has 0 saturated carbocycles. The SMILES string of the molecule is CC(C)CCNC(=O)CC1CCc2c1nc1sc(C(N)=O)c(N)c1c2-c1cccs1. The van der Waals surface area contributed by atoms with E-state index < -0.39 is 5.91 Å². The Hall–Kier alpha value is -2.45. The zero-order valence-corrected chi connectivity index (χ0v) is 18.8. The molecule has 0 bridgehead atoms. The van der Waals surface area contributed by atoms with Gasteiger partial charge in [-0.25, -0.2) is 4.98 Å². The number of nitrogen functional groups attached to an aromatic ring is 1. The number of rotatable bonds is 7. The number of fused-ring (bicyclic) bond motifs is 2.